The van der Waals surface area contributed by atoms with Crippen molar-refractivity contribution in [3.63, 3.8) is 0 Å². The van der Waals surface area contributed by atoms with Crippen molar-refractivity contribution in [1.82, 2.24) is 19.7 Å². The number of unbranched alkanes of at least 4 members (excludes halogenated alkanes) is 1. The Hall–Kier alpha value is -2.35. The van der Waals surface area contributed by atoms with Crippen LogP contribution in [0.15, 0.2) is 55.1 Å². The van der Waals surface area contributed by atoms with Crippen LogP contribution in [0.25, 0.3) is 0 Å². The minimum Gasteiger partial charge on any atom is -0.382 e. The van der Waals surface area contributed by atoms with Gasteiger partial charge in [0.25, 0.3) is 0 Å². The zero-order chi connectivity index (χ0) is 21.6. The van der Waals surface area contributed by atoms with E-state index in [9.17, 15) is 13.9 Å². The Bertz CT molecular complexity index is 954. The first-order valence-electron chi connectivity index (χ1n) is 9.87. The van der Waals surface area contributed by atoms with Gasteiger partial charge in [-0.2, -0.15) is 5.10 Å². The van der Waals surface area contributed by atoms with Crippen LogP contribution < -0.4 is 0 Å². The van der Waals surface area contributed by atoms with Crippen LogP contribution in [0.3, 0.4) is 0 Å². The molecule has 0 aliphatic carbocycles. The molecule has 0 fully saturated rings. The Labute approximate surface area is 179 Å². The summed E-state index contributed by atoms with van der Waals surface area (Å²) in [7, 11) is 0. The standard InChI is InChI=1S/C22H25ClF2N4O/c1-2-3-10-28(12-17-6-4-5-7-20(17)23)13-22(30,14-29-16-26-15-27-29)19-9-8-18(24)11-21(19)25/h4-9,11,15-16,30H,2-3,10,12-14H2,1H3. The number of halogens is 3. The molecule has 0 saturated heterocycles. The fraction of sp³-hybridized carbons (Fsp3) is 0.364. The van der Waals surface area contributed by atoms with Gasteiger partial charge in [0.05, 0.1) is 6.54 Å². The Morgan fingerprint density at radius 2 is 2.00 bits per heavy atom. The molecule has 3 aromatic rings. The number of hydrogen-bond acceptors (Lipinski definition) is 4. The smallest absolute Gasteiger partial charge is 0.137 e. The zero-order valence-electron chi connectivity index (χ0n) is 16.8. The molecule has 0 aliphatic heterocycles. The molecule has 1 atom stereocenters. The molecular formula is C22H25ClF2N4O. The molecule has 30 heavy (non-hydrogen) atoms. The first-order valence-corrected chi connectivity index (χ1v) is 10.2. The minimum atomic E-state index is -1.65. The highest BCUT2D eigenvalue weighted by atomic mass is 35.5. The highest BCUT2D eigenvalue weighted by Crippen LogP contribution is 2.29. The molecule has 1 heterocycles. The summed E-state index contributed by atoms with van der Waals surface area (Å²) in [4.78, 5) is 5.93. The fourth-order valence-electron chi connectivity index (χ4n) is 3.50. The monoisotopic (exact) mass is 434 g/mol. The normalized spacial score (nSPS) is 13.5. The number of hydrogen-bond donors (Lipinski definition) is 1. The van der Waals surface area contributed by atoms with E-state index >= 15 is 0 Å². The number of aromatic nitrogens is 3. The lowest BCUT2D eigenvalue weighted by atomic mass is 9.92. The van der Waals surface area contributed by atoms with Crippen LogP contribution in [0, 0.1) is 11.6 Å². The van der Waals surface area contributed by atoms with Crippen LogP contribution in [0.1, 0.15) is 30.9 Å². The van der Waals surface area contributed by atoms with E-state index in [1.807, 2.05) is 29.2 Å². The molecule has 1 N–H and O–H groups in total. The first kappa shape index (κ1) is 22.3. The van der Waals surface area contributed by atoms with Crippen molar-refractivity contribution in [2.75, 3.05) is 13.1 Å². The van der Waals surface area contributed by atoms with Gasteiger partial charge in [-0.1, -0.05) is 49.2 Å². The lowest BCUT2D eigenvalue weighted by molar-refractivity contribution is -0.0240. The third-order valence-electron chi connectivity index (χ3n) is 4.99. The molecule has 1 aromatic heterocycles. The predicted octanol–water partition coefficient (Wildman–Crippen LogP) is 4.40. The van der Waals surface area contributed by atoms with E-state index < -0.39 is 17.2 Å². The highest BCUT2D eigenvalue weighted by molar-refractivity contribution is 6.31. The van der Waals surface area contributed by atoms with E-state index in [4.69, 9.17) is 11.6 Å². The van der Waals surface area contributed by atoms with Crippen LogP contribution in [0.5, 0.6) is 0 Å². The summed E-state index contributed by atoms with van der Waals surface area (Å²) in [6, 6.07) is 10.7. The molecule has 0 amide bonds. The van der Waals surface area contributed by atoms with Gasteiger partial charge in [0.2, 0.25) is 0 Å². The van der Waals surface area contributed by atoms with E-state index in [1.54, 1.807) is 0 Å². The molecule has 2 aromatic carbocycles. The minimum absolute atomic E-state index is 0.0139. The first-order chi connectivity index (χ1) is 14.4. The molecule has 3 rings (SSSR count). The van der Waals surface area contributed by atoms with E-state index in [0.29, 0.717) is 18.1 Å². The molecule has 5 nitrogen and oxygen atoms in total. The topological polar surface area (TPSA) is 54.2 Å². The molecule has 1 unspecified atom stereocenters. The molecule has 0 aliphatic rings. The second-order valence-electron chi connectivity index (χ2n) is 7.40. The summed E-state index contributed by atoms with van der Waals surface area (Å²) in [5.41, 5.74) is -0.724. The quantitative estimate of drug-likeness (QED) is 0.514. The van der Waals surface area contributed by atoms with Crippen molar-refractivity contribution in [2.45, 2.75) is 38.5 Å². The lowest BCUT2D eigenvalue weighted by Crippen LogP contribution is -2.45. The van der Waals surface area contributed by atoms with E-state index in [-0.39, 0.29) is 18.7 Å². The van der Waals surface area contributed by atoms with Crippen LogP contribution in [-0.4, -0.2) is 37.9 Å². The molecule has 160 valence electrons. The second kappa shape index (κ2) is 10.1. The predicted molar refractivity (Wildman–Crippen MR) is 112 cm³/mol. The molecular weight excluding hydrogens is 410 g/mol. The summed E-state index contributed by atoms with van der Waals surface area (Å²) in [5.74, 6) is -1.50. The van der Waals surface area contributed by atoms with Gasteiger partial charge in [-0.15, -0.1) is 0 Å². The SMILES string of the molecule is CCCCN(Cc1ccccc1Cl)CC(O)(Cn1cncn1)c1ccc(F)cc1F. The maximum Gasteiger partial charge on any atom is 0.137 e. The third-order valence-corrected chi connectivity index (χ3v) is 5.36. The van der Waals surface area contributed by atoms with Gasteiger partial charge in [0.1, 0.15) is 29.9 Å². The van der Waals surface area contributed by atoms with Crippen molar-refractivity contribution in [2.24, 2.45) is 0 Å². The van der Waals surface area contributed by atoms with Gasteiger partial charge < -0.3 is 5.11 Å². The summed E-state index contributed by atoms with van der Waals surface area (Å²) >= 11 is 6.34. The van der Waals surface area contributed by atoms with E-state index in [2.05, 4.69) is 17.0 Å². The van der Waals surface area contributed by atoms with Crippen molar-refractivity contribution >= 4 is 11.6 Å². The second-order valence-corrected chi connectivity index (χ2v) is 7.81. The summed E-state index contributed by atoms with van der Waals surface area (Å²) in [6.45, 7) is 3.34. The molecule has 0 saturated carbocycles. The van der Waals surface area contributed by atoms with Gasteiger partial charge in [-0.3, -0.25) is 4.90 Å². The number of rotatable bonds is 10. The Balaban J connectivity index is 1.94. The Morgan fingerprint density at radius 1 is 1.20 bits per heavy atom. The van der Waals surface area contributed by atoms with Crippen LogP contribution >= 0.6 is 11.6 Å². The Morgan fingerprint density at radius 3 is 2.67 bits per heavy atom. The van der Waals surface area contributed by atoms with Gasteiger partial charge >= 0.3 is 0 Å². The average Bonchev–Trinajstić information content (AvgIpc) is 3.20. The van der Waals surface area contributed by atoms with Crippen molar-refractivity contribution in [1.29, 1.82) is 0 Å². The largest absolute Gasteiger partial charge is 0.382 e. The molecule has 0 spiro atoms. The summed E-state index contributed by atoms with van der Waals surface area (Å²) in [6.07, 6.45) is 4.66. The van der Waals surface area contributed by atoms with Gasteiger partial charge in [0, 0.05) is 29.7 Å². The highest BCUT2D eigenvalue weighted by Gasteiger charge is 2.35. The molecule has 8 heteroatoms. The molecule has 0 bridgehead atoms. The number of aliphatic hydroxyl groups is 1. The fourth-order valence-corrected chi connectivity index (χ4v) is 3.70. The third kappa shape index (κ3) is 5.62. The van der Waals surface area contributed by atoms with Crippen molar-refractivity contribution < 1.29 is 13.9 Å². The number of nitrogens with zero attached hydrogens (tertiary/aromatic N) is 4. The van der Waals surface area contributed by atoms with Crippen molar-refractivity contribution in [3.05, 3.63) is 82.9 Å². The van der Waals surface area contributed by atoms with E-state index in [0.717, 1.165) is 30.5 Å². The molecule has 0 radical (unpaired) electrons. The van der Waals surface area contributed by atoms with Crippen molar-refractivity contribution in [3.8, 4) is 0 Å². The van der Waals surface area contributed by atoms with Crippen LogP contribution in [0.4, 0.5) is 8.78 Å². The maximum atomic E-state index is 14.7. The maximum absolute atomic E-state index is 14.7. The average molecular weight is 435 g/mol. The van der Waals surface area contributed by atoms with Gasteiger partial charge in [-0.25, -0.2) is 18.4 Å². The lowest BCUT2D eigenvalue weighted by Gasteiger charge is -2.35. The van der Waals surface area contributed by atoms with Crippen LogP contribution in [0.2, 0.25) is 5.02 Å². The van der Waals surface area contributed by atoms with Gasteiger partial charge in [0.15, 0.2) is 0 Å². The van der Waals surface area contributed by atoms with E-state index in [1.165, 1.54) is 23.4 Å². The van der Waals surface area contributed by atoms with Crippen LogP contribution in [-0.2, 0) is 18.7 Å². The Kier molecular flexibility index (Phi) is 7.53. The van der Waals surface area contributed by atoms with Gasteiger partial charge in [-0.05, 0) is 30.7 Å². The summed E-state index contributed by atoms with van der Waals surface area (Å²) in [5, 5.41) is 16.3. The summed E-state index contributed by atoms with van der Waals surface area (Å²) < 4.78 is 29.6. The number of benzene rings is 2. The zero-order valence-corrected chi connectivity index (χ0v) is 17.6.